The summed E-state index contributed by atoms with van der Waals surface area (Å²) in [7, 11) is 0. The number of benzene rings is 2. The predicted molar refractivity (Wildman–Crippen MR) is 111 cm³/mol. The first-order valence-corrected chi connectivity index (χ1v) is 10.1. The molecule has 2 aromatic carbocycles. The molecule has 1 aliphatic rings. The van der Waals surface area contributed by atoms with E-state index < -0.39 is 5.41 Å². The molecule has 3 rings (SSSR count). The zero-order chi connectivity index (χ0) is 19.4. The molecule has 2 aromatic rings. The minimum Gasteiger partial charge on any atom is -0.369 e. The molecule has 3 heteroatoms. The highest BCUT2D eigenvalue weighted by Crippen LogP contribution is 2.30. The highest BCUT2D eigenvalue weighted by Gasteiger charge is 2.29. The molecule has 0 heterocycles. The van der Waals surface area contributed by atoms with Crippen molar-refractivity contribution in [2.45, 2.75) is 59.0 Å². The normalized spacial score (nSPS) is 16.5. The molecule has 0 aliphatic heterocycles. The second-order valence-corrected chi connectivity index (χ2v) is 8.55. The summed E-state index contributed by atoms with van der Waals surface area (Å²) in [4.78, 5) is 14.3. The summed E-state index contributed by atoms with van der Waals surface area (Å²) in [6.45, 7) is 8.23. The van der Waals surface area contributed by atoms with Crippen LogP contribution >= 0.6 is 0 Å². The van der Waals surface area contributed by atoms with E-state index in [0.29, 0.717) is 12.5 Å². The summed E-state index contributed by atoms with van der Waals surface area (Å²) < 4.78 is 0. The molecule has 0 spiro atoms. The molecule has 2 N–H and O–H groups in total. The summed E-state index contributed by atoms with van der Waals surface area (Å²) in [5, 5.41) is 0. The summed E-state index contributed by atoms with van der Waals surface area (Å²) in [5.74, 6) is -0.238. The average Bonchev–Trinajstić information content (AvgIpc) is 3.05. The van der Waals surface area contributed by atoms with Crippen LogP contribution in [0.3, 0.4) is 0 Å². The van der Waals surface area contributed by atoms with Gasteiger partial charge in [-0.15, -0.1) is 0 Å². The Bertz CT molecular complexity index is 782. The molecule has 0 saturated carbocycles. The van der Waals surface area contributed by atoms with Crippen molar-refractivity contribution in [3.63, 3.8) is 0 Å². The van der Waals surface area contributed by atoms with Gasteiger partial charge in [0.05, 0.1) is 0 Å². The number of carbonyl (C=O) groups excluding carboxylic acids is 1. The van der Waals surface area contributed by atoms with Crippen LogP contribution in [0.4, 0.5) is 0 Å². The zero-order valence-corrected chi connectivity index (χ0v) is 16.9. The molecular formula is C24H32N2O. The molecule has 1 atom stereocenters. The molecule has 1 amide bonds. The lowest BCUT2D eigenvalue weighted by Gasteiger charge is -2.28. The van der Waals surface area contributed by atoms with Crippen LogP contribution in [0.5, 0.6) is 0 Å². The number of hydrogen-bond acceptors (Lipinski definition) is 2. The number of fused-ring (bicyclic) bond motifs is 1. The monoisotopic (exact) mass is 364 g/mol. The largest absolute Gasteiger partial charge is 0.369 e. The van der Waals surface area contributed by atoms with Gasteiger partial charge in [0.15, 0.2) is 0 Å². The van der Waals surface area contributed by atoms with Crippen molar-refractivity contribution in [2.24, 2.45) is 11.1 Å². The fourth-order valence-electron chi connectivity index (χ4n) is 4.11. The Morgan fingerprint density at radius 3 is 2.44 bits per heavy atom. The maximum Gasteiger partial charge on any atom is 0.223 e. The number of primary amides is 1. The van der Waals surface area contributed by atoms with Crippen molar-refractivity contribution in [3.05, 3.63) is 70.8 Å². The summed E-state index contributed by atoms with van der Waals surface area (Å²) in [6.07, 6.45) is 4.06. The van der Waals surface area contributed by atoms with E-state index in [4.69, 9.17) is 5.73 Å². The number of amides is 1. The Morgan fingerprint density at radius 1 is 1.07 bits per heavy atom. The fourth-order valence-corrected chi connectivity index (χ4v) is 4.11. The molecule has 3 nitrogen and oxygen atoms in total. The Labute approximate surface area is 163 Å². The van der Waals surface area contributed by atoms with Gasteiger partial charge in [-0.2, -0.15) is 0 Å². The SMILES string of the molecule is CCCN(Cc1ccccc1)C1Cc2ccc(CC(C)(C)C(N)=O)cc2C1. The maximum absolute atomic E-state index is 11.7. The molecule has 0 saturated heterocycles. The second kappa shape index (κ2) is 8.26. The summed E-state index contributed by atoms with van der Waals surface area (Å²) in [5.41, 5.74) is 10.5. The van der Waals surface area contributed by atoms with Crippen molar-refractivity contribution in [3.8, 4) is 0 Å². The van der Waals surface area contributed by atoms with E-state index in [9.17, 15) is 4.79 Å². The first-order chi connectivity index (χ1) is 12.9. The van der Waals surface area contributed by atoms with E-state index in [-0.39, 0.29) is 5.91 Å². The van der Waals surface area contributed by atoms with Gasteiger partial charge in [-0.05, 0) is 54.5 Å². The van der Waals surface area contributed by atoms with Gasteiger partial charge in [0, 0.05) is 18.0 Å². The number of nitrogens with zero attached hydrogens (tertiary/aromatic N) is 1. The third-order valence-electron chi connectivity index (χ3n) is 5.75. The quantitative estimate of drug-likeness (QED) is 0.766. The van der Waals surface area contributed by atoms with E-state index in [2.05, 4.69) is 60.4 Å². The third kappa shape index (κ3) is 4.78. The Kier molecular flexibility index (Phi) is 6.01. The zero-order valence-electron chi connectivity index (χ0n) is 16.9. The van der Waals surface area contributed by atoms with Crippen LogP contribution in [0.1, 0.15) is 49.4 Å². The van der Waals surface area contributed by atoms with E-state index in [0.717, 1.165) is 32.4 Å². The maximum atomic E-state index is 11.7. The van der Waals surface area contributed by atoms with Crippen molar-refractivity contribution >= 4 is 5.91 Å². The van der Waals surface area contributed by atoms with E-state index in [1.165, 1.54) is 22.3 Å². The van der Waals surface area contributed by atoms with Crippen LogP contribution in [-0.4, -0.2) is 23.4 Å². The van der Waals surface area contributed by atoms with Gasteiger partial charge in [0.25, 0.3) is 0 Å². The second-order valence-electron chi connectivity index (χ2n) is 8.55. The molecule has 0 bridgehead atoms. The standard InChI is InChI=1S/C24H32N2O/c1-4-12-26(17-18-8-6-5-7-9-18)22-14-20-11-10-19(13-21(20)15-22)16-24(2,3)23(25)27/h5-11,13,22H,4,12,14-17H2,1-3H3,(H2,25,27). The van der Waals surface area contributed by atoms with Gasteiger partial charge in [0.1, 0.15) is 0 Å². The number of hydrogen-bond donors (Lipinski definition) is 1. The highest BCUT2D eigenvalue weighted by atomic mass is 16.1. The molecule has 144 valence electrons. The molecule has 27 heavy (non-hydrogen) atoms. The lowest BCUT2D eigenvalue weighted by atomic mass is 9.84. The van der Waals surface area contributed by atoms with Crippen LogP contribution in [0.15, 0.2) is 48.5 Å². The lowest BCUT2D eigenvalue weighted by Crippen LogP contribution is -2.36. The molecule has 0 aromatic heterocycles. The lowest BCUT2D eigenvalue weighted by molar-refractivity contribution is -0.125. The first kappa shape index (κ1) is 19.6. The van der Waals surface area contributed by atoms with Crippen molar-refractivity contribution in [1.82, 2.24) is 4.90 Å². The van der Waals surface area contributed by atoms with Gasteiger partial charge in [-0.1, -0.05) is 69.3 Å². The van der Waals surface area contributed by atoms with Crippen LogP contribution in [0, 0.1) is 5.41 Å². The molecule has 0 radical (unpaired) electrons. The average molecular weight is 365 g/mol. The van der Waals surface area contributed by atoms with Crippen molar-refractivity contribution in [1.29, 1.82) is 0 Å². The van der Waals surface area contributed by atoms with Crippen LogP contribution in [0.2, 0.25) is 0 Å². The van der Waals surface area contributed by atoms with E-state index in [1.807, 2.05) is 13.8 Å². The Balaban J connectivity index is 1.72. The van der Waals surface area contributed by atoms with Crippen molar-refractivity contribution < 1.29 is 4.79 Å². The predicted octanol–water partition coefficient (Wildman–Crippen LogP) is 4.12. The Morgan fingerprint density at radius 2 is 1.78 bits per heavy atom. The van der Waals surface area contributed by atoms with Gasteiger partial charge in [-0.25, -0.2) is 0 Å². The molecule has 1 unspecified atom stereocenters. The van der Waals surface area contributed by atoms with Crippen LogP contribution < -0.4 is 5.73 Å². The minimum atomic E-state index is -0.506. The number of rotatable bonds is 8. The molecule has 1 aliphatic carbocycles. The number of carbonyl (C=O) groups is 1. The smallest absolute Gasteiger partial charge is 0.223 e. The highest BCUT2D eigenvalue weighted by molar-refractivity contribution is 5.80. The van der Waals surface area contributed by atoms with Crippen molar-refractivity contribution in [2.75, 3.05) is 6.54 Å². The van der Waals surface area contributed by atoms with Crippen LogP contribution in [0.25, 0.3) is 0 Å². The first-order valence-electron chi connectivity index (χ1n) is 10.1. The molecular weight excluding hydrogens is 332 g/mol. The van der Waals surface area contributed by atoms with Gasteiger partial charge < -0.3 is 5.73 Å². The minimum absolute atomic E-state index is 0.238. The number of nitrogens with two attached hydrogens (primary N) is 1. The van der Waals surface area contributed by atoms with E-state index >= 15 is 0 Å². The van der Waals surface area contributed by atoms with E-state index in [1.54, 1.807) is 0 Å². The van der Waals surface area contributed by atoms with Gasteiger partial charge in [0.2, 0.25) is 5.91 Å². The third-order valence-corrected chi connectivity index (χ3v) is 5.75. The topological polar surface area (TPSA) is 46.3 Å². The van der Waals surface area contributed by atoms with Crippen LogP contribution in [-0.2, 0) is 30.6 Å². The summed E-state index contributed by atoms with van der Waals surface area (Å²) >= 11 is 0. The Hall–Kier alpha value is -2.13. The molecule has 0 fully saturated rings. The fraction of sp³-hybridized carbons (Fsp3) is 0.458. The summed E-state index contributed by atoms with van der Waals surface area (Å²) in [6, 6.07) is 18.0. The van der Waals surface area contributed by atoms with Gasteiger partial charge in [-0.3, -0.25) is 9.69 Å². The van der Waals surface area contributed by atoms with Gasteiger partial charge >= 0.3 is 0 Å².